The van der Waals surface area contributed by atoms with E-state index in [2.05, 4.69) is 12.2 Å². The van der Waals surface area contributed by atoms with Gasteiger partial charge in [-0.2, -0.15) is 5.26 Å². The first-order chi connectivity index (χ1) is 10.2. The van der Waals surface area contributed by atoms with Gasteiger partial charge in [0.15, 0.2) is 6.61 Å². The van der Waals surface area contributed by atoms with Crippen LogP contribution in [-0.2, 0) is 6.54 Å². The van der Waals surface area contributed by atoms with Crippen LogP contribution in [0.15, 0.2) is 48.5 Å². The number of hydrogen-bond donors (Lipinski definition) is 1. The van der Waals surface area contributed by atoms with E-state index in [0.29, 0.717) is 6.54 Å². The summed E-state index contributed by atoms with van der Waals surface area (Å²) in [6.45, 7) is 2.83. The van der Waals surface area contributed by atoms with E-state index >= 15 is 0 Å². The van der Waals surface area contributed by atoms with Crippen LogP contribution in [-0.4, -0.2) is 6.61 Å². The minimum atomic E-state index is 0.0593. The van der Waals surface area contributed by atoms with Crippen LogP contribution in [0.3, 0.4) is 0 Å². The summed E-state index contributed by atoms with van der Waals surface area (Å²) in [6, 6.07) is 17.7. The van der Waals surface area contributed by atoms with Crippen LogP contribution in [0.4, 0.5) is 0 Å². The summed E-state index contributed by atoms with van der Waals surface area (Å²) in [4.78, 5) is 0. The molecule has 0 heterocycles. The third-order valence-electron chi connectivity index (χ3n) is 3.23. The number of rotatable bonds is 6. The number of para-hydroxylation sites is 1. The fourth-order valence-electron chi connectivity index (χ4n) is 2.03. The Labute approximate surface area is 130 Å². The molecular weight excluding hydrogens is 284 g/mol. The van der Waals surface area contributed by atoms with Crippen molar-refractivity contribution in [2.24, 2.45) is 0 Å². The van der Waals surface area contributed by atoms with Crippen LogP contribution in [0, 0.1) is 11.3 Å². The van der Waals surface area contributed by atoms with Crippen molar-refractivity contribution < 1.29 is 4.74 Å². The molecule has 3 nitrogen and oxygen atoms in total. The fraction of sp³-hybridized carbons (Fsp3) is 0.235. The summed E-state index contributed by atoms with van der Waals surface area (Å²) >= 11 is 5.90. The van der Waals surface area contributed by atoms with E-state index in [1.807, 2.05) is 54.6 Å². The van der Waals surface area contributed by atoms with Crippen LogP contribution in [0.25, 0.3) is 0 Å². The van der Waals surface area contributed by atoms with E-state index in [4.69, 9.17) is 21.6 Å². The lowest BCUT2D eigenvalue weighted by Crippen LogP contribution is -2.18. The first kappa shape index (κ1) is 15.4. The molecule has 0 aliphatic rings. The van der Waals surface area contributed by atoms with Crippen LogP contribution in [0.2, 0.25) is 5.02 Å². The van der Waals surface area contributed by atoms with Gasteiger partial charge in [0.1, 0.15) is 11.8 Å². The number of nitrogens with one attached hydrogen (secondary N) is 1. The van der Waals surface area contributed by atoms with Crippen molar-refractivity contribution in [1.29, 1.82) is 5.26 Å². The lowest BCUT2D eigenvalue weighted by Gasteiger charge is -2.16. The van der Waals surface area contributed by atoms with Crippen molar-refractivity contribution in [3.63, 3.8) is 0 Å². The first-order valence-electron chi connectivity index (χ1n) is 6.77. The smallest absolute Gasteiger partial charge is 0.174 e. The molecule has 4 heteroatoms. The molecule has 21 heavy (non-hydrogen) atoms. The van der Waals surface area contributed by atoms with Gasteiger partial charge < -0.3 is 10.1 Å². The molecule has 0 radical (unpaired) electrons. The maximum absolute atomic E-state index is 8.61. The number of benzene rings is 2. The van der Waals surface area contributed by atoms with Gasteiger partial charge in [-0.1, -0.05) is 41.9 Å². The second kappa shape index (κ2) is 7.68. The number of nitriles is 1. The second-order valence-electron chi connectivity index (χ2n) is 4.71. The van der Waals surface area contributed by atoms with Gasteiger partial charge in [-0.25, -0.2) is 0 Å². The molecular formula is C17H17ClN2O. The lowest BCUT2D eigenvalue weighted by atomic mass is 10.1. The Morgan fingerprint density at radius 3 is 2.62 bits per heavy atom. The minimum Gasteiger partial charge on any atom is -0.478 e. The number of nitrogens with zero attached hydrogens (tertiary/aromatic N) is 1. The largest absolute Gasteiger partial charge is 0.478 e. The van der Waals surface area contributed by atoms with Crippen LogP contribution >= 0.6 is 11.6 Å². The minimum absolute atomic E-state index is 0.0593. The fourth-order valence-corrected chi connectivity index (χ4v) is 2.16. The molecule has 0 aliphatic heterocycles. The molecule has 0 aromatic heterocycles. The topological polar surface area (TPSA) is 45.0 Å². The van der Waals surface area contributed by atoms with Crippen molar-refractivity contribution in [2.75, 3.05) is 6.61 Å². The van der Waals surface area contributed by atoms with Gasteiger partial charge in [0.25, 0.3) is 0 Å². The SMILES string of the molecule is C[C@@H](NCc1ccccc1OCC#N)c1ccc(Cl)cc1. The molecule has 1 N–H and O–H groups in total. The molecule has 0 saturated carbocycles. The standard InChI is InChI=1S/C17H17ClN2O/c1-13(14-6-8-16(18)9-7-14)20-12-15-4-2-3-5-17(15)21-11-10-19/h2-9,13,20H,11-12H2,1H3/t13-/m1/s1. The molecule has 2 rings (SSSR count). The van der Waals surface area contributed by atoms with Crippen molar-refractivity contribution in [3.8, 4) is 11.8 Å². The zero-order chi connectivity index (χ0) is 15.1. The normalized spacial score (nSPS) is 11.7. The molecule has 0 aliphatic carbocycles. The highest BCUT2D eigenvalue weighted by Gasteiger charge is 2.07. The van der Waals surface area contributed by atoms with Crippen molar-refractivity contribution in [1.82, 2.24) is 5.32 Å². The van der Waals surface area contributed by atoms with E-state index in [1.165, 1.54) is 5.56 Å². The van der Waals surface area contributed by atoms with Gasteiger partial charge in [0.2, 0.25) is 0 Å². The van der Waals surface area contributed by atoms with Crippen molar-refractivity contribution in [2.45, 2.75) is 19.5 Å². The molecule has 0 unspecified atom stereocenters. The zero-order valence-corrected chi connectivity index (χ0v) is 12.6. The van der Waals surface area contributed by atoms with E-state index in [1.54, 1.807) is 0 Å². The molecule has 108 valence electrons. The third-order valence-corrected chi connectivity index (χ3v) is 3.49. The van der Waals surface area contributed by atoms with Gasteiger partial charge in [-0.3, -0.25) is 0 Å². The Morgan fingerprint density at radius 2 is 1.90 bits per heavy atom. The van der Waals surface area contributed by atoms with Crippen molar-refractivity contribution >= 4 is 11.6 Å². The zero-order valence-electron chi connectivity index (χ0n) is 11.8. The maximum Gasteiger partial charge on any atom is 0.174 e. The molecule has 0 spiro atoms. The molecule has 1 atom stereocenters. The Kier molecular flexibility index (Phi) is 5.62. The number of hydrogen-bond acceptors (Lipinski definition) is 3. The molecule has 0 saturated heterocycles. The van der Waals surface area contributed by atoms with Gasteiger partial charge in [0, 0.05) is 23.2 Å². The van der Waals surface area contributed by atoms with E-state index in [9.17, 15) is 0 Å². The van der Waals surface area contributed by atoms with Gasteiger partial charge in [0.05, 0.1) is 0 Å². The summed E-state index contributed by atoms with van der Waals surface area (Å²) < 4.78 is 5.42. The molecule has 2 aromatic carbocycles. The molecule has 0 bridgehead atoms. The highest BCUT2D eigenvalue weighted by atomic mass is 35.5. The van der Waals surface area contributed by atoms with E-state index in [-0.39, 0.29) is 12.6 Å². The molecule has 2 aromatic rings. The highest BCUT2D eigenvalue weighted by Crippen LogP contribution is 2.20. The average Bonchev–Trinajstić information content (AvgIpc) is 2.52. The van der Waals surface area contributed by atoms with Crippen LogP contribution in [0.1, 0.15) is 24.1 Å². The quantitative estimate of drug-likeness (QED) is 0.874. The van der Waals surface area contributed by atoms with Crippen molar-refractivity contribution in [3.05, 3.63) is 64.7 Å². The summed E-state index contributed by atoms with van der Waals surface area (Å²) in [7, 11) is 0. The van der Waals surface area contributed by atoms with Gasteiger partial charge >= 0.3 is 0 Å². The Balaban J connectivity index is 1.99. The molecule has 0 amide bonds. The number of ether oxygens (including phenoxy) is 1. The van der Waals surface area contributed by atoms with E-state index < -0.39 is 0 Å². The predicted molar refractivity (Wildman–Crippen MR) is 84.3 cm³/mol. The summed E-state index contributed by atoms with van der Waals surface area (Å²) in [5, 5.41) is 12.8. The summed E-state index contributed by atoms with van der Waals surface area (Å²) in [6.07, 6.45) is 0. The van der Waals surface area contributed by atoms with Gasteiger partial charge in [-0.15, -0.1) is 0 Å². The van der Waals surface area contributed by atoms with Crippen LogP contribution in [0.5, 0.6) is 5.75 Å². The van der Waals surface area contributed by atoms with E-state index in [0.717, 1.165) is 16.3 Å². The molecule has 0 fully saturated rings. The van der Waals surface area contributed by atoms with Crippen LogP contribution < -0.4 is 10.1 Å². The third kappa shape index (κ3) is 4.49. The number of halogens is 1. The lowest BCUT2D eigenvalue weighted by molar-refractivity contribution is 0.361. The summed E-state index contributed by atoms with van der Waals surface area (Å²) in [5.74, 6) is 0.745. The Morgan fingerprint density at radius 1 is 1.19 bits per heavy atom. The first-order valence-corrected chi connectivity index (χ1v) is 7.15. The van der Waals surface area contributed by atoms with Gasteiger partial charge in [-0.05, 0) is 30.7 Å². The average molecular weight is 301 g/mol. The summed E-state index contributed by atoms with van der Waals surface area (Å²) in [5.41, 5.74) is 2.21. The highest BCUT2D eigenvalue weighted by molar-refractivity contribution is 6.30. The Bertz CT molecular complexity index is 619. The predicted octanol–water partition coefficient (Wildman–Crippen LogP) is 4.09. The Hall–Kier alpha value is -2.02. The maximum atomic E-state index is 8.61. The monoisotopic (exact) mass is 300 g/mol. The second-order valence-corrected chi connectivity index (χ2v) is 5.15.